The van der Waals surface area contributed by atoms with Gasteiger partial charge in [0.1, 0.15) is 6.07 Å². The minimum absolute atomic E-state index is 0.120. The van der Waals surface area contributed by atoms with Crippen LogP contribution in [-0.2, 0) is 0 Å². The van der Waals surface area contributed by atoms with Crippen molar-refractivity contribution in [2.24, 2.45) is 0 Å². The Kier molecular flexibility index (Phi) is 2.14. The van der Waals surface area contributed by atoms with Crippen LogP contribution >= 0.6 is 0 Å². The number of hydrogen-bond acceptors (Lipinski definition) is 3. The van der Waals surface area contributed by atoms with Crippen LogP contribution in [0.2, 0.25) is 0 Å². The van der Waals surface area contributed by atoms with Gasteiger partial charge < -0.3 is 0 Å². The van der Waals surface area contributed by atoms with Gasteiger partial charge in [0.25, 0.3) is 5.56 Å². The number of fused-ring (bicyclic) bond motifs is 2. The molecule has 18 heavy (non-hydrogen) atoms. The molecule has 0 aliphatic rings. The third-order valence-electron chi connectivity index (χ3n) is 3.06. The van der Waals surface area contributed by atoms with Crippen LogP contribution in [0.4, 0.5) is 0 Å². The lowest BCUT2D eigenvalue weighted by atomic mass is 10.1. The summed E-state index contributed by atoms with van der Waals surface area (Å²) in [6.07, 6.45) is 3.16. The molecule has 2 aromatic heterocycles. The summed E-state index contributed by atoms with van der Waals surface area (Å²) < 4.78 is 1.49. The summed E-state index contributed by atoms with van der Waals surface area (Å²) in [5, 5.41) is 10.6. The van der Waals surface area contributed by atoms with Crippen molar-refractivity contribution in [2.45, 2.75) is 6.92 Å². The molecule has 0 saturated carbocycles. The molecular weight excluding hydrogens is 226 g/mol. The highest BCUT2D eigenvalue weighted by Crippen LogP contribution is 2.20. The maximum atomic E-state index is 12.3. The molecule has 0 radical (unpaired) electrons. The molecule has 3 rings (SSSR count). The third-order valence-corrected chi connectivity index (χ3v) is 3.06. The lowest BCUT2D eigenvalue weighted by Gasteiger charge is -2.08. The van der Waals surface area contributed by atoms with Crippen molar-refractivity contribution in [1.29, 1.82) is 5.26 Å². The van der Waals surface area contributed by atoms with Gasteiger partial charge in [0.15, 0.2) is 0 Å². The highest BCUT2D eigenvalue weighted by molar-refractivity contribution is 5.93. The van der Waals surface area contributed by atoms with E-state index in [0.29, 0.717) is 27.5 Å². The molecule has 0 N–H and O–H groups in total. The van der Waals surface area contributed by atoms with Crippen molar-refractivity contribution >= 4 is 16.3 Å². The largest absolute Gasteiger partial charge is 0.279 e. The van der Waals surface area contributed by atoms with E-state index in [1.807, 2.05) is 6.07 Å². The number of nitriles is 1. The molecule has 0 saturated heterocycles. The maximum absolute atomic E-state index is 12.3. The van der Waals surface area contributed by atoms with Crippen molar-refractivity contribution in [1.82, 2.24) is 9.38 Å². The predicted octanol–water partition coefficient (Wildman–Crippen LogP) is 2.03. The van der Waals surface area contributed by atoms with Crippen molar-refractivity contribution in [3.8, 4) is 6.07 Å². The van der Waals surface area contributed by atoms with Crippen LogP contribution in [0, 0.1) is 18.3 Å². The van der Waals surface area contributed by atoms with Crippen LogP contribution in [-0.4, -0.2) is 9.38 Å². The molecular formula is C14H9N3O. The Morgan fingerprint density at radius 2 is 2.00 bits per heavy atom. The minimum atomic E-state index is -0.120. The average molecular weight is 235 g/mol. The van der Waals surface area contributed by atoms with E-state index in [4.69, 9.17) is 0 Å². The van der Waals surface area contributed by atoms with Gasteiger partial charge in [-0.2, -0.15) is 5.26 Å². The Labute approximate surface area is 103 Å². The Morgan fingerprint density at radius 1 is 1.28 bits per heavy atom. The highest BCUT2D eigenvalue weighted by Gasteiger charge is 2.12. The molecule has 2 heterocycles. The second-order valence-electron chi connectivity index (χ2n) is 4.07. The van der Waals surface area contributed by atoms with Gasteiger partial charge in [-0.05, 0) is 13.0 Å². The van der Waals surface area contributed by atoms with Crippen molar-refractivity contribution < 1.29 is 0 Å². The van der Waals surface area contributed by atoms with E-state index in [9.17, 15) is 10.1 Å². The first kappa shape index (κ1) is 10.5. The molecule has 4 nitrogen and oxygen atoms in total. The second-order valence-corrected chi connectivity index (χ2v) is 4.07. The van der Waals surface area contributed by atoms with Gasteiger partial charge in [0, 0.05) is 23.2 Å². The van der Waals surface area contributed by atoms with E-state index in [0.717, 1.165) is 0 Å². The number of nitrogens with zero attached hydrogens (tertiary/aromatic N) is 3. The summed E-state index contributed by atoms with van der Waals surface area (Å²) >= 11 is 0. The Hall–Kier alpha value is -2.67. The summed E-state index contributed by atoms with van der Waals surface area (Å²) in [5.41, 5.74) is 1.64. The van der Waals surface area contributed by atoms with Gasteiger partial charge in [0.05, 0.1) is 16.8 Å². The molecule has 86 valence electrons. The van der Waals surface area contributed by atoms with E-state index < -0.39 is 0 Å². The van der Waals surface area contributed by atoms with Crippen molar-refractivity contribution in [3.63, 3.8) is 0 Å². The van der Waals surface area contributed by atoms with Crippen LogP contribution in [0.25, 0.3) is 16.3 Å². The highest BCUT2D eigenvalue weighted by atomic mass is 16.1. The fourth-order valence-electron chi connectivity index (χ4n) is 2.25. The van der Waals surface area contributed by atoms with Gasteiger partial charge in [-0.1, -0.05) is 18.2 Å². The number of pyridine rings is 1. The Bertz CT molecular complexity index is 872. The number of aryl methyl sites for hydroxylation is 1. The van der Waals surface area contributed by atoms with Gasteiger partial charge >= 0.3 is 0 Å². The lowest BCUT2D eigenvalue weighted by Crippen LogP contribution is -2.16. The normalized spacial score (nSPS) is 10.7. The molecule has 0 aliphatic heterocycles. The smallest absolute Gasteiger partial charge is 0.263 e. The van der Waals surface area contributed by atoms with Crippen LogP contribution < -0.4 is 5.56 Å². The molecule has 4 heteroatoms. The Morgan fingerprint density at radius 3 is 2.72 bits per heavy atom. The summed E-state index contributed by atoms with van der Waals surface area (Å²) in [6.45, 7) is 1.80. The first-order valence-corrected chi connectivity index (χ1v) is 5.53. The lowest BCUT2D eigenvalue weighted by molar-refractivity contribution is 1.04. The summed E-state index contributed by atoms with van der Waals surface area (Å²) in [5.74, 6) is 0. The van der Waals surface area contributed by atoms with Crippen molar-refractivity contribution in [3.05, 3.63) is 58.3 Å². The fraction of sp³-hybridized carbons (Fsp3) is 0.0714. The average Bonchev–Trinajstić information content (AvgIpc) is 2.41. The number of benzene rings is 1. The predicted molar refractivity (Wildman–Crippen MR) is 68.4 cm³/mol. The van der Waals surface area contributed by atoms with E-state index in [2.05, 4.69) is 11.1 Å². The maximum Gasteiger partial charge on any atom is 0.263 e. The minimum Gasteiger partial charge on any atom is -0.279 e. The van der Waals surface area contributed by atoms with E-state index >= 15 is 0 Å². The topological polar surface area (TPSA) is 58.2 Å². The first-order chi connectivity index (χ1) is 8.74. The number of hydrogen-bond donors (Lipinski definition) is 0. The quantitative estimate of drug-likeness (QED) is 0.560. The van der Waals surface area contributed by atoms with E-state index in [1.54, 1.807) is 37.5 Å². The molecule has 0 bridgehead atoms. The molecule has 1 aromatic carbocycles. The first-order valence-electron chi connectivity index (χ1n) is 5.53. The van der Waals surface area contributed by atoms with Gasteiger partial charge in [0.2, 0.25) is 0 Å². The van der Waals surface area contributed by atoms with Crippen LogP contribution in [0.1, 0.15) is 11.3 Å². The standard InChI is InChI=1S/C14H9N3O/c1-9-13-12(8-15)10-4-2-3-5-11(10)14(18)17(13)7-6-16-9/h2-7H,1H3. The zero-order valence-electron chi connectivity index (χ0n) is 9.71. The monoisotopic (exact) mass is 235 g/mol. The SMILES string of the molecule is Cc1nccn2c(=O)c3ccccc3c(C#N)c12. The molecule has 0 amide bonds. The third kappa shape index (κ3) is 1.25. The summed E-state index contributed by atoms with van der Waals surface area (Å²) in [4.78, 5) is 16.5. The van der Waals surface area contributed by atoms with Crippen LogP contribution in [0.5, 0.6) is 0 Å². The fourth-order valence-corrected chi connectivity index (χ4v) is 2.25. The zero-order valence-corrected chi connectivity index (χ0v) is 9.71. The van der Waals surface area contributed by atoms with E-state index in [1.165, 1.54) is 4.40 Å². The van der Waals surface area contributed by atoms with Crippen molar-refractivity contribution in [2.75, 3.05) is 0 Å². The van der Waals surface area contributed by atoms with Gasteiger partial charge in [-0.25, -0.2) is 0 Å². The summed E-state index contributed by atoms with van der Waals surface area (Å²) in [7, 11) is 0. The van der Waals surface area contributed by atoms with Crippen LogP contribution in [0.15, 0.2) is 41.5 Å². The molecule has 0 atom stereocenters. The van der Waals surface area contributed by atoms with E-state index in [-0.39, 0.29) is 5.56 Å². The second kappa shape index (κ2) is 3.67. The molecule has 0 fully saturated rings. The van der Waals surface area contributed by atoms with Gasteiger partial charge in [-0.15, -0.1) is 0 Å². The number of rotatable bonds is 0. The molecule has 3 aromatic rings. The van der Waals surface area contributed by atoms with Gasteiger partial charge in [-0.3, -0.25) is 14.2 Å². The zero-order chi connectivity index (χ0) is 12.7. The molecule has 0 spiro atoms. The summed E-state index contributed by atoms with van der Waals surface area (Å²) in [6, 6.07) is 9.33. The molecule has 0 unspecified atom stereocenters. The molecule has 0 aliphatic carbocycles. The Balaban J connectivity index is 2.78. The number of aromatic nitrogens is 2. The van der Waals surface area contributed by atoms with Crippen LogP contribution in [0.3, 0.4) is 0 Å².